The smallest absolute Gasteiger partial charge is 0.303 e. The largest absolute Gasteiger partial charge is 0.481 e. The number of rotatable bonds is 15. The molecule has 0 aromatic heterocycles. The number of hydrogen-bond acceptors (Lipinski definition) is 3. The number of carboxylic acids is 2. The number of aliphatic carboxylic acids is 2. The van der Waals surface area contributed by atoms with Crippen LogP contribution in [-0.2, 0) is 9.59 Å². The van der Waals surface area contributed by atoms with Crippen molar-refractivity contribution in [3.63, 3.8) is 0 Å². The molecule has 0 amide bonds. The van der Waals surface area contributed by atoms with Crippen molar-refractivity contribution in [3.05, 3.63) is 12.2 Å². The van der Waals surface area contributed by atoms with Crippen LogP contribution in [0.5, 0.6) is 0 Å². The molecule has 0 radical (unpaired) electrons. The highest BCUT2D eigenvalue weighted by Gasteiger charge is 2.00. The van der Waals surface area contributed by atoms with Crippen molar-refractivity contribution in [1.82, 2.24) is 0 Å². The topological polar surface area (TPSA) is 94.8 Å². The van der Waals surface area contributed by atoms with Crippen LogP contribution in [0.15, 0.2) is 12.2 Å². The molecule has 0 aromatic rings. The number of allylic oxidation sites excluding steroid dienone is 1. The van der Waals surface area contributed by atoms with Crippen LogP contribution in [0.1, 0.15) is 83.5 Å². The van der Waals surface area contributed by atoms with Crippen molar-refractivity contribution in [3.8, 4) is 11.8 Å². The van der Waals surface area contributed by atoms with E-state index in [4.69, 9.17) is 10.2 Å². The standard InChI is InChI=1S/C20H32O5/c21-18(15-12-13-17-20(24)25)14-10-8-6-4-2-1-3-5-7-9-11-16-19(22)23/h10,14,18,21H,1-5,7,9,11-13,15-17H2,(H,22,23)(H,24,25)/b14-10+/t18-/m0/s1. The van der Waals surface area contributed by atoms with E-state index in [2.05, 4.69) is 11.8 Å². The van der Waals surface area contributed by atoms with Crippen LogP contribution in [0.4, 0.5) is 0 Å². The van der Waals surface area contributed by atoms with E-state index in [9.17, 15) is 14.7 Å². The number of hydrogen-bond donors (Lipinski definition) is 3. The first kappa shape index (κ1) is 23.2. The minimum atomic E-state index is -0.797. The Morgan fingerprint density at radius 3 is 1.92 bits per heavy atom. The van der Waals surface area contributed by atoms with Crippen LogP contribution in [0, 0.1) is 11.8 Å². The van der Waals surface area contributed by atoms with Crippen molar-refractivity contribution in [2.45, 2.75) is 89.6 Å². The highest BCUT2D eigenvalue weighted by atomic mass is 16.4. The summed E-state index contributed by atoms with van der Waals surface area (Å²) in [5.74, 6) is 4.46. The van der Waals surface area contributed by atoms with Crippen molar-refractivity contribution in [2.75, 3.05) is 0 Å². The Hall–Kier alpha value is -1.80. The second-order valence-corrected chi connectivity index (χ2v) is 6.26. The molecule has 25 heavy (non-hydrogen) atoms. The zero-order valence-electron chi connectivity index (χ0n) is 15.1. The highest BCUT2D eigenvalue weighted by molar-refractivity contribution is 5.66. The molecule has 0 aliphatic heterocycles. The van der Waals surface area contributed by atoms with Crippen LogP contribution < -0.4 is 0 Å². The molecule has 0 spiro atoms. The van der Waals surface area contributed by atoms with Crippen molar-refractivity contribution in [1.29, 1.82) is 0 Å². The van der Waals surface area contributed by atoms with Gasteiger partial charge >= 0.3 is 11.9 Å². The molecule has 0 aliphatic rings. The van der Waals surface area contributed by atoms with Crippen LogP contribution >= 0.6 is 0 Å². The summed E-state index contributed by atoms with van der Waals surface area (Å²) in [6.07, 6.45) is 13.3. The first-order valence-corrected chi connectivity index (χ1v) is 9.29. The van der Waals surface area contributed by atoms with E-state index >= 15 is 0 Å². The van der Waals surface area contributed by atoms with Crippen molar-refractivity contribution >= 4 is 11.9 Å². The van der Waals surface area contributed by atoms with Gasteiger partial charge in [0.05, 0.1) is 6.10 Å². The number of carbonyl (C=O) groups is 2. The zero-order valence-corrected chi connectivity index (χ0v) is 15.1. The van der Waals surface area contributed by atoms with Gasteiger partial charge in [0.1, 0.15) is 0 Å². The maximum atomic E-state index is 10.3. The monoisotopic (exact) mass is 352 g/mol. The van der Waals surface area contributed by atoms with Gasteiger partial charge in [-0.15, -0.1) is 0 Å². The fourth-order valence-electron chi connectivity index (χ4n) is 2.39. The van der Waals surface area contributed by atoms with Crippen LogP contribution in [-0.4, -0.2) is 33.4 Å². The third-order valence-electron chi connectivity index (χ3n) is 3.84. The van der Waals surface area contributed by atoms with Crippen LogP contribution in [0.2, 0.25) is 0 Å². The SMILES string of the molecule is O=C(O)CCCCCCCCCC#C/C=C/[C@H](O)CCCCC(=O)O. The summed E-state index contributed by atoms with van der Waals surface area (Å²) in [4.78, 5) is 20.7. The Morgan fingerprint density at radius 2 is 1.32 bits per heavy atom. The van der Waals surface area contributed by atoms with Gasteiger partial charge < -0.3 is 15.3 Å². The lowest BCUT2D eigenvalue weighted by atomic mass is 10.1. The van der Waals surface area contributed by atoms with Gasteiger partial charge in [-0.3, -0.25) is 9.59 Å². The predicted octanol–water partition coefficient (Wildman–Crippen LogP) is 4.15. The Kier molecular flexibility index (Phi) is 15.8. The zero-order chi connectivity index (χ0) is 18.8. The number of aliphatic hydroxyl groups excluding tert-OH is 1. The Bertz CT molecular complexity index is 445. The Morgan fingerprint density at radius 1 is 0.800 bits per heavy atom. The van der Waals surface area contributed by atoms with Crippen molar-refractivity contribution < 1.29 is 24.9 Å². The molecule has 0 aromatic carbocycles. The van der Waals surface area contributed by atoms with E-state index in [0.717, 1.165) is 44.9 Å². The predicted molar refractivity (Wildman–Crippen MR) is 98.2 cm³/mol. The van der Waals surface area contributed by atoms with Gasteiger partial charge in [0.15, 0.2) is 0 Å². The summed E-state index contributed by atoms with van der Waals surface area (Å²) in [6.45, 7) is 0. The molecular weight excluding hydrogens is 320 g/mol. The molecule has 0 rings (SSSR count). The minimum absolute atomic E-state index is 0.151. The van der Waals surface area contributed by atoms with Gasteiger partial charge in [0.25, 0.3) is 0 Å². The van der Waals surface area contributed by atoms with E-state index < -0.39 is 18.0 Å². The van der Waals surface area contributed by atoms with Crippen LogP contribution in [0.25, 0.3) is 0 Å². The van der Waals surface area contributed by atoms with Gasteiger partial charge in [-0.2, -0.15) is 0 Å². The Balaban J connectivity index is 3.43. The summed E-state index contributed by atoms with van der Waals surface area (Å²) in [7, 11) is 0. The Labute approximate surface area is 151 Å². The third kappa shape index (κ3) is 20.2. The number of carboxylic acid groups (broad SMARTS) is 2. The molecule has 142 valence electrons. The fourth-order valence-corrected chi connectivity index (χ4v) is 2.39. The molecule has 0 saturated carbocycles. The molecule has 3 N–H and O–H groups in total. The lowest BCUT2D eigenvalue weighted by Crippen LogP contribution is -2.02. The van der Waals surface area contributed by atoms with Gasteiger partial charge in [-0.05, 0) is 44.3 Å². The second kappa shape index (κ2) is 17.0. The fraction of sp³-hybridized carbons (Fsp3) is 0.700. The third-order valence-corrected chi connectivity index (χ3v) is 3.84. The molecule has 5 heteroatoms. The minimum Gasteiger partial charge on any atom is -0.481 e. The van der Waals surface area contributed by atoms with Crippen LogP contribution in [0.3, 0.4) is 0 Å². The maximum Gasteiger partial charge on any atom is 0.303 e. The molecule has 0 fully saturated rings. The molecule has 0 heterocycles. The summed E-state index contributed by atoms with van der Waals surface area (Å²) >= 11 is 0. The first-order valence-electron chi connectivity index (χ1n) is 9.29. The average Bonchev–Trinajstić information content (AvgIpc) is 2.55. The molecule has 0 aliphatic carbocycles. The molecule has 5 nitrogen and oxygen atoms in total. The van der Waals surface area contributed by atoms with E-state index in [1.165, 1.54) is 6.42 Å². The summed E-state index contributed by atoms with van der Waals surface area (Å²) in [5, 5.41) is 26.7. The summed E-state index contributed by atoms with van der Waals surface area (Å²) in [6, 6.07) is 0. The summed E-state index contributed by atoms with van der Waals surface area (Å²) in [5.41, 5.74) is 0. The quantitative estimate of drug-likeness (QED) is 0.304. The van der Waals surface area contributed by atoms with Gasteiger partial charge in [-0.25, -0.2) is 0 Å². The van der Waals surface area contributed by atoms with E-state index in [1.54, 1.807) is 12.2 Å². The van der Waals surface area contributed by atoms with Crippen molar-refractivity contribution in [2.24, 2.45) is 0 Å². The van der Waals surface area contributed by atoms with E-state index in [1.807, 2.05) is 0 Å². The molecule has 0 unspecified atom stereocenters. The van der Waals surface area contributed by atoms with Gasteiger partial charge in [0, 0.05) is 19.3 Å². The first-order chi connectivity index (χ1) is 12.0. The maximum absolute atomic E-state index is 10.3. The normalized spacial score (nSPS) is 11.9. The molecule has 0 bridgehead atoms. The second-order valence-electron chi connectivity index (χ2n) is 6.26. The molecule has 0 saturated heterocycles. The van der Waals surface area contributed by atoms with Gasteiger partial charge in [-0.1, -0.05) is 43.9 Å². The van der Waals surface area contributed by atoms with E-state index in [-0.39, 0.29) is 12.8 Å². The highest BCUT2D eigenvalue weighted by Crippen LogP contribution is 2.09. The summed E-state index contributed by atoms with van der Waals surface area (Å²) < 4.78 is 0. The molecular formula is C20H32O5. The van der Waals surface area contributed by atoms with E-state index in [0.29, 0.717) is 19.3 Å². The average molecular weight is 352 g/mol. The number of aliphatic hydroxyl groups is 1. The lowest BCUT2D eigenvalue weighted by molar-refractivity contribution is -0.138. The van der Waals surface area contributed by atoms with Gasteiger partial charge in [0.2, 0.25) is 0 Å². The number of unbranched alkanes of at least 4 members (excludes halogenated alkanes) is 8. The lowest BCUT2D eigenvalue weighted by Gasteiger charge is -2.02. The molecule has 1 atom stereocenters.